The van der Waals surface area contributed by atoms with E-state index in [0.29, 0.717) is 18.5 Å². The first-order valence-corrected chi connectivity index (χ1v) is 7.32. The first-order chi connectivity index (χ1) is 9.78. The lowest BCUT2D eigenvalue weighted by atomic mass is 10.1. The lowest BCUT2D eigenvalue weighted by Crippen LogP contribution is -2.20. The molecule has 2 N–H and O–H groups in total. The Morgan fingerprint density at radius 1 is 1.20 bits per heavy atom. The third kappa shape index (κ3) is 4.68. The summed E-state index contributed by atoms with van der Waals surface area (Å²) in [5.41, 5.74) is 0. The van der Waals surface area contributed by atoms with Gasteiger partial charge in [0.05, 0.1) is 6.61 Å². The highest BCUT2D eigenvalue weighted by molar-refractivity contribution is 5.83. The minimum Gasteiger partial charge on any atom is -0.450 e. The van der Waals surface area contributed by atoms with E-state index in [1.807, 2.05) is 6.07 Å². The summed E-state index contributed by atoms with van der Waals surface area (Å²) in [6, 6.07) is 4.04. The van der Waals surface area contributed by atoms with Crippen LogP contribution in [-0.2, 0) is 4.74 Å². The first-order valence-electron chi connectivity index (χ1n) is 7.32. The van der Waals surface area contributed by atoms with E-state index in [9.17, 15) is 4.79 Å². The molecule has 1 aliphatic carbocycles. The van der Waals surface area contributed by atoms with Gasteiger partial charge in [-0.1, -0.05) is 25.7 Å². The second-order valence-electron chi connectivity index (χ2n) is 4.98. The molecule has 1 heterocycles. The Balaban J connectivity index is 1.85. The van der Waals surface area contributed by atoms with Crippen molar-refractivity contribution in [2.24, 2.45) is 0 Å². The molecule has 2 rings (SSSR count). The van der Waals surface area contributed by atoms with Crippen LogP contribution in [0.4, 0.5) is 16.4 Å². The monoisotopic (exact) mass is 278 g/mol. The van der Waals surface area contributed by atoms with Crippen molar-refractivity contribution in [1.29, 1.82) is 0 Å². The summed E-state index contributed by atoms with van der Waals surface area (Å²) < 4.78 is 4.78. The predicted octanol–water partition coefficient (Wildman–Crippen LogP) is 3.18. The average molecular weight is 278 g/mol. The number of hydrogen-bond donors (Lipinski definition) is 2. The van der Waals surface area contributed by atoms with Crippen LogP contribution in [0.3, 0.4) is 0 Å². The Bertz CT molecular complexity index is 414. The fraction of sp³-hybridized carbons (Fsp3) is 0.643. The van der Waals surface area contributed by atoms with Gasteiger partial charge in [-0.25, -0.2) is 4.79 Å². The number of rotatable bonds is 4. The second kappa shape index (κ2) is 7.67. The van der Waals surface area contributed by atoms with Gasteiger partial charge >= 0.3 is 6.09 Å². The van der Waals surface area contributed by atoms with Gasteiger partial charge in [-0.15, -0.1) is 10.2 Å². The van der Waals surface area contributed by atoms with E-state index in [4.69, 9.17) is 4.74 Å². The van der Waals surface area contributed by atoms with Crippen LogP contribution in [0.1, 0.15) is 45.4 Å². The van der Waals surface area contributed by atoms with Crippen LogP contribution in [0, 0.1) is 0 Å². The molecule has 1 aliphatic rings. The molecule has 0 spiro atoms. The smallest absolute Gasteiger partial charge is 0.412 e. The molecular weight excluding hydrogens is 256 g/mol. The summed E-state index contributed by atoms with van der Waals surface area (Å²) >= 11 is 0. The van der Waals surface area contributed by atoms with E-state index in [1.54, 1.807) is 13.0 Å². The van der Waals surface area contributed by atoms with Crippen LogP contribution in [0.15, 0.2) is 12.1 Å². The summed E-state index contributed by atoms with van der Waals surface area (Å²) in [6.45, 7) is 2.09. The van der Waals surface area contributed by atoms with Crippen molar-refractivity contribution in [2.75, 3.05) is 17.2 Å². The van der Waals surface area contributed by atoms with E-state index in [2.05, 4.69) is 20.8 Å². The zero-order valence-electron chi connectivity index (χ0n) is 11.9. The zero-order chi connectivity index (χ0) is 14.2. The molecule has 1 fully saturated rings. The number of anilines is 2. The fourth-order valence-corrected chi connectivity index (χ4v) is 2.38. The van der Waals surface area contributed by atoms with E-state index in [1.165, 1.54) is 38.5 Å². The van der Waals surface area contributed by atoms with Crippen molar-refractivity contribution in [2.45, 2.75) is 51.5 Å². The quantitative estimate of drug-likeness (QED) is 0.827. The molecule has 0 aliphatic heterocycles. The number of aromatic nitrogens is 2. The molecular formula is C14H22N4O2. The number of nitrogens with one attached hydrogen (secondary N) is 2. The lowest BCUT2D eigenvalue weighted by Gasteiger charge is -2.16. The van der Waals surface area contributed by atoms with Crippen molar-refractivity contribution in [1.82, 2.24) is 10.2 Å². The maximum absolute atomic E-state index is 11.2. The summed E-state index contributed by atoms with van der Waals surface area (Å²) in [7, 11) is 0. The summed E-state index contributed by atoms with van der Waals surface area (Å²) in [4.78, 5) is 11.2. The van der Waals surface area contributed by atoms with Crippen LogP contribution in [0.2, 0.25) is 0 Å². The number of hydrogen-bond acceptors (Lipinski definition) is 5. The number of nitrogens with zero attached hydrogens (tertiary/aromatic N) is 2. The van der Waals surface area contributed by atoms with E-state index in [0.717, 1.165) is 5.82 Å². The van der Waals surface area contributed by atoms with Gasteiger partial charge in [0, 0.05) is 6.04 Å². The van der Waals surface area contributed by atoms with Gasteiger partial charge in [0.25, 0.3) is 0 Å². The topological polar surface area (TPSA) is 76.1 Å². The normalized spacial score (nSPS) is 16.2. The second-order valence-corrected chi connectivity index (χ2v) is 4.98. The van der Waals surface area contributed by atoms with Gasteiger partial charge < -0.3 is 10.1 Å². The van der Waals surface area contributed by atoms with E-state index >= 15 is 0 Å². The number of ether oxygens (including phenoxy) is 1. The Hall–Kier alpha value is -1.85. The highest BCUT2D eigenvalue weighted by Crippen LogP contribution is 2.20. The number of carbonyl (C=O) groups is 1. The Kier molecular flexibility index (Phi) is 5.58. The minimum atomic E-state index is -0.508. The maximum atomic E-state index is 11.2. The standard InChI is InChI=1S/C14H22N4O2/c1-2-20-14(19)16-13-10-9-12(17-18-13)15-11-7-5-3-4-6-8-11/h9-11H,2-8H2,1H3,(H,15,17)(H,16,18,19). The summed E-state index contributed by atoms with van der Waals surface area (Å²) in [6.07, 6.45) is 7.06. The number of amides is 1. The van der Waals surface area contributed by atoms with Crippen LogP contribution in [0.5, 0.6) is 0 Å². The number of carbonyl (C=O) groups excluding carboxylic acids is 1. The van der Waals surface area contributed by atoms with Crippen LogP contribution < -0.4 is 10.6 Å². The van der Waals surface area contributed by atoms with Gasteiger partial charge in [-0.3, -0.25) is 5.32 Å². The molecule has 6 nitrogen and oxygen atoms in total. The highest BCUT2D eigenvalue weighted by atomic mass is 16.5. The van der Waals surface area contributed by atoms with E-state index < -0.39 is 6.09 Å². The van der Waals surface area contributed by atoms with Gasteiger partial charge in [0.2, 0.25) is 0 Å². The molecule has 0 aromatic carbocycles. The maximum Gasteiger partial charge on any atom is 0.412 e. The van der Waals surface area contributed by atoms with Crippen molar-refractivity contribution in [3.05, 3.63) is 12.1 Å². The molecule has 0 bridgehead atoms. The molecule has 6 heteroatoms. The predicted molar refractivity (Wildman–Crippen MR) is 77.8 cm³/mol. The van der Waals surface area contributed by atoms with Crippen LogP contribution in [-0.4, -0.2) is 28.9 Å². The highest BCUT2D eigenvalue weighted by Gasteiger charge is 2.12. The van der Waals surface area contributed by atoms with Crippen molar-refractivity contribution in [3.63, 3.8) is 0 Å². The van der Waals surface area contributed by atoms with Crippen LogP contribution in [0.25, 0.3) is 0 Å². The third-order valence-corrected chi connectivity index (χ3v) is 3.38. The molecule has 1 aromatic heterocycles. The Morgan fingerprint density at radius 3 is 2.45 bits per heavy atom. The van der Waals surface area contributed by atoms with Gasteiger partial charge in [-0.05, 0) is 31.9 Å². The van der Waals surface area contributed by atoms with Crippen LogP contribution >= 0.6 is 0 Å². The third-order valence-electron chi connectivity index (χ3n) is 3.38. The van der Waals surface area contributed by atoms with Crippen molar-refractivity contribution >= 4 is 17.7 Å². The Morgan fingerprint density at radius 2 is 1.85 bits per heavy atom. The largest absolute Gasteiger partial charge is 0.450 e. The summed E-state index contributed by atoms with van der Waals surface area (Å²) in [5, 5.41) is 14.0. The lowest BCUT2D eigenvalue weighted by molar-refractivity contribution is 0.168. The molecule has 0 atom stereocenters. The molecule has 110 valence electrons. The van der Waals surface area contributed by atoms with Gasteiger partial charge in [0.1, 0.15) is 5.82 Å². The summed E-state index contributed by atoms with van der Waals surface area (Å²) in [5.74, 6) is 1.15. The molecule has 0 radical (unpaired) electrons. The van der Waals surface area contributed by atoms with Crippen molar-refractivity contribution < 1.29 is 9.53 Å². The SMILES string of the molecule is CCOC(=O)Nc1ccc(NC2CCCCCC2)nn1. The van der Waals surface area contributed by atoms with E-state index in [-0.39, 0.29) is 0 Å². The first kappa shape index (κ1) is 14.6. The molecule has 20 heavy (non-hydrogen) atoms. The molecule has 1 amide bonds. The molecule has 1 saturated carbocycles. The molecule has 0 unspecified atom stereocenters. The Labute approximate surface area is 119 Å². The molecule has 1 aromatic rings. The van der Waals surface area contributed by atoms with Gasteiger partial charge in [0.15, 0.2) is 5.82 Å². The molecule has 0 saturated heterocycles. The van der Waals surface area contributed by atoms with Gasteiger partial charge in [-0.2, -0.15) is 0 Å². The minimum absolute atomic E-state index is 0.334. The fourth-order valence-electron chi connectivity index (χ4n) is 2.38. The average Bonchev–Trinajstić information content (AvgIpc) is 2.70. The van der Waals surface area contributed by atoms with Crippen molar-refractivity contribution in [3.8, 4) is 0 Å². The zero-order valence-corrected chi connectivity index (χ0v) is 11.9.